The molecule has 1 heterocycles. The minimum atomic E-state index is -0.724. The average molecular weight is 271 g/mol. The number of hydrogen-bond acceptors (Lipinski definition) is 4. The van der Waals surface area contributed by atoms with Crippen molar-refractivity contribution in [1.29, 1.82) is 0 Å². The standard InChI is InChI=1S/C13H15F2NO3/c14-9-1-2-12(15)11(5-9)13(18)7-16-3-4-19-10(6-16)8-17/h1-2,5,10,17H,3-4,6-8H2. The summed E-state index contributed by atoms with van der Waals surface area (Å²) in [5.41, 5.74) is -0.243. The summed E-state index contributed by atoms with van der Waals surface area (Å²) in [5, 5.41) is 8.99. The van der Waals surface area contributed by atoms with E-state index in [0.29, 0.717) is 19.7 Å². The fraction of sp³-hybridized carbons (Fsp3) is 0.462. The predicted molar refractivity (Wildman–Crippen MR) is 64.0 cm³/mol. The zero-order chi connectivity index (χ0) is 13.8. The van der Waals surface area contributed by atoms with E-state index in [0.717, 1.165) is 18.2 Å². The maximum atomic E-state index is 13.4. The molecule has 2 rings (SSSR count). The summed E-state index contributed by atoms with van der Waals surface area (Å²) in [7, 11) is 0. The summed E-state index contributed by atoms with van der Waals surface area (Å²) in [6.45, 7) is 1.20. The Kier molecular flexibility index (Phi) is 4.57. The van der Waals surface area contributed by atoms with Crippen LogP contribution in [-0.4, -0.2) is 54.7 Å². The third-order valence-corrected chi connectivity index (χ3v) is 3.02. The molecule has 1 aliphatic rings. The van der Waals surface area contributed by atoms with Crippen molar-refractivity contribution >= 4 is 5.78 Å². The smallest absolute Gasteiger partial charge is 0.179 e. The molecule has 0 amide bonds. The first-order valence-corrected chi connectivity index (χ1v) is 6.03. The number of aliphatic hydroxyl groups excluding tert-OH is 1. The summed E-state index contributed by atoms with van der Waals surface area (Å²) in [6.07, 6.45) is -0.334. The van der Waals surface area contributed by atoms with E-state index in [1.165, 1.54) is 0 Å². The number of ether oxygens (including phenoxy) is 1. The summed E-state index contributed by atoms with van der Waals surface area (Å²) in [6, 6.07) is 2.82. The van der Waals surface area contributed by atoms with Gasteiger partial charge in [-0.15, -0.1) is 0 Å². The zero-order valence-electron chi connectivity index (χ0n) is 10.3. The summed E-state index contributed by atoms with van der Waals surface area (Å²) in [4.78, 5) is 13.7. The molecule has 19 heavy (non-hydrogen) atoms. The minimum absolute atomic E-state index is 0.0137. The Morgan fingerprint density at radius 2 is 2.26 bits per heavy atom. The largest absolute Gasteiger partial charge is 0.394 e. The van der Waals surface area contributed by atoms with Crippen LogP contribution < -0.4 is 0 Å². The van der Waals surface area contributed by atoms with E-state index in [-0.39, 0.29) is 24.8 Å². The lowest BCUT2D eigenvalue weighted by Gasteiger charge is -2.31. The van der Waals surface area contributed by atoms with Crippen molar-refractivity contribution in [2.75, 3.05) is 32.8 Å². The number of carbonyl (C=O) groups is 1. The van der Waals surface area contributed by atoms with Crippen molar-refractivity contribution in [2.24, 2.45) is 0 Å². The van der Waals surface area contributed by atoms with Gasteiger partial charge in [-0.3, -0.25) is 9.69 Å². The number of halogens is 2. The number of rotatable bonds is 4. The van der Waals surface area contributed by atoms with Gasteiger partial charge in [0.15, 0.2) is 5.78 Å². The van der Waals surface area contributed by atoms with Crippen LogP contribution in [0.15, 0.2) is 18.2 Å². The molecule has 1 fully saturated rings. The van der Waals surface area contributed by atoms with Gasteiger partial charge in [-0.2, -0.15) is 0 Å². The second-order valence-corrected chi connectivity index (χ2v) is 4.46. The van der Waals surface area contributed by atoms with E-state index in [1.807, 2.05) is 0 Å². The highest BCUT2D eigenvalue weighted by Gasteiger charge is 2.23. The van der Waals surface area contributed by atoms with E-state index in [1.54, 1.807) is 4.90 Å². The SMILES string of the molecule is O=C(CN1CCOC(CO)C1)c1cc(F)ccc1F. The Morgan fingerprint density at radius 3 is 3.00 bits per heavy atom. The van der Waals surface area contributed by atoms with Gasteiger partial charge in [0.25, 0.3) is 0 Å². The van der Waals surface area contributed by atoms with Crippen LogP contribution in [0.2, 0.25) is 0 Å². The second kappa shape index (κ2) is 6.18. The lowest BCUT2D eigenvalue weighted by molar-refractivity contribution is -0.0503. The van der Waals surface area contributed by atoms with Crippen molar-refractivity contribution in [1.82, 2.24) is 4.90 Å². The number of carbonyl (C=O) groups excluding carboxylic acids is 1. The monoisotopic (exact) mass is 271 g/mol. The van der Waals surface area contributed by atoms with Crippen molar-refractivity contribution in [2.45, 2.75) is 6.10 Å². The van der Waals surface area contributed by atoms with Crippen LogP contribution in [0.3, 0.4) is 0 Å². The third-order valence-electron chi connectivity index (χ3n) is 3.02. The number of benzene rings is 1. The van der Waals surface area contributed by atoms with Gasteiger partial charge in [0, 0.05) is 13.1 Å². The number of aliphatic hydroxyl groups is 1. The van der Waals surface area contributed by atoms with E-state index in [9.17, 15) is 13.6 Å². The topological polar surface area (TPSA) is 49.8 Å². The molecular weight excluding hydrogens is 256 g/mol. The minimum Gasteiger partial charge on any atom is -0.394 e. The number of hydrogen-bond donors (Lipinski definition) is 1. The molecule has 1 unspecified atom stereocenters. The third kappa shape index (κ3) is 3.56. The molecule has 1 saturated heterocycles. The summed E-state index contributed by atoms with van der Waals surface area (Å²) in [5.74, 6) is -1.84. The number of ketones is 1. The molecule has 0 radical (unpaired) electrons. The van der Waals surface area contributed by atoms with Crippen LogP contribution in [0.25, 0.3) is 0 Å². The second-order valence-electron chi connectivity index (χ2n) is 4.46. The van der Waals surface area contributed by atoms with E-state index in [4.69, 9.17) is 9.84 Å². The Hall–Kier alpha value is -1.37. The molecule has 0 aliphatic carbocycles. The molecule has 1 aromatic carbocycles. The van der Waals surface area contributed by atoms with Crippen molar-refractivity contribution in [3.63, 3.8) is 0 Å². The molecule has 4 nitrogen and oxygen atoms in total. The van der Waals surface area contributed by atoms with Crippen molar-refractivity contribution < 1.29 is 23.4 Å². The molecule has 0 aromatic heterocycles. The van der Waals surface area contributed by atoms with Crippen LogP contribution in [-0.2, 0) is 4.74 Å². The van der Waals surface area contributed by atoms with Gasteiger partial charge in [-0.1, -0.05) is 0 Å². The lowest BCUT2D eigenvalue weighted by atomic mass is 10.1. The first-order chi connectivity index (χ1) is 9.10. The highest BCUT2D eigenvalue weighted by atomic mass is 19.1. The first kappa shape index (κ1) is 14.0. The first-order valence-electron chi connectivity index (χ1n) is 6.03. The molecule has 1 atom stereocenters. The van der Waals surface area contributed by atoms with Crippen LogP contribution >= 0.6 is 0 Å². The molecular formula is C13H15F2NO3. The molecule has 0 saturated carbocycles. The normalized spacial score (nSPS) is 20.5. The fourth-order valence-electron chi connectivity index (χ4n) is 2.03. The predicted octanol–water partition coefficient (Wildman–Crippen LogP) is 0.841. The summed E-state index contributed by atoms with van der Waals surface area (Å²) >= 11 is 0. The Balaban J connectivity index is 2.02. The van der Waals surface area contributed by atoms with Crippen molar-refractivity contribution in [3.8, 4) is 0 Å². The van der Waals surface area contributed by atoms with Gasteiger partial charge in [0.05, 0.1) is 31.4 Å². The maximum Gasteiger partial charge on any atom is 0.179 e. The molecule has 1 aliphatic heterocycles. The summed E-state index contributed by atoms with van der Waals surface area (Å²) < 4.78 is 31.7. The van der Waals surface area contributed by atoms with Gasteiger partial charge < -0.3 is 9.84 Å². The Labute approximate surface area is 109 Å². The van der Waals surface area contributed by atoms with Crippen molar-refractivity contribution in [3.05, 3.63) is 35.4 Å². The molecule has 6 heteroatoms. The van der Waals surface area contributed by atoms with Gasteiger partial charge in [0.2, 0.25) is 0 Å². The van der Waals surface area contributed by atoms with Crippen LogP contribution in [0, 0.1) is 11.6 Å². The van der Waals surface area contributed by atoms with Crippen LogP contribution in [0.4, 0.5) is 8.78 Å². The molecule has 0 spiro atoms. The highest BCUT2D eigenvalue weighted by molar-refractivity contribution is 5.97. The van der Waals surface area contributed by atoms with Gasteiger partial charge in [-0.25, -0.2) is 8.78 Å². The van der Waals surface area contributed by atoms with E-state index >= 15 is 0 Å². The van der Waals surface area contributed by atoms with E-state index < -0.39 is 17.4 Å². The quantitative estimate of drug-likeness (QED) is 0.825. The highest BCUT2D eigenvalue weighted by Crippen LogP contribution is 2.12. The van der Waals surface area contributed by atoms with Gasteiger partial charge >= 0.3 is 0 Å². The number of morpholine rings is 1. The molecule has 1 aromatic rings. The van der Waals surface area contributed by atoms with Crippen LogP contribution in [0.5, 0.6) is 0 Å². The van der Waals surface area contributed by atoms with Gasteiger partial charge in [-0.05, 0) is 18.2 Å². The fourth-order valence-corrected chi connectivity index (χ4v) is 2.03. The Morgan fingerprint density at radius 1 is 1.47 bits per heavy atom. The van der Waals surface area contributed by atoms with E-state index in [2.05, 4.69) is 0 Å². The van der Waals surface area contributed by atoms with Gasteiger partial charge in [0.1, 0.15) is 11.6 Å². The zero-order valence-corrected chi connectivity index (χ0v) is 10.3. The molecule has 104 valence electrons. The average Bonchev–Trinajstić information content (AvgIpc) is 2.41. The molecule has 0 bridgehead atoms. The van der Waals surface area contributed by atoms with Crippen LogP contribution in [0.1, 0.15) is 10.4 Å². The molecule has 1 N–H and O–H groups in total. The Bertz CT molecular complexity index is 467. The number of nitrogens with zero attached hydrogens (tertiary/aromatic N) is 1. The lowest BCUT2D eigenvalue weighted by Crippen LogP contribution is -2.46. The number of Topliss-reactive ketones (excluding diaryl/α,β-unsaturated/α-hetero) is 1. The maximum absolute atomic E-state index is 13.4.